The maximum Gasteiger partial charge on any atom is 0.169 e. The topological polar surface area (TPSA) is 50.1 Å². The van der Waals surface area contributed by atoms with Gasteiger partial charge in [0.05, 0.1) is 18.1 Å². The maximum atomic E-state index is 12.8. The predicted molar refractivity (Wildman–Crippen MR) is 88.0 cm³/mol. The van der Waals surface area contributed by atoms with Crippen molar-refractivity contribution >= 4 is 5.78 Å². The molecule has 0 aromatic heterocycles. The molecule has 1 aliphatic carbocycles. The molecule has 0 N–H and O–H groups in total. The second-order valence-electron chi connectivity index (χ2n) is 6.64. The molecular formula is C20H23NO2. The van der Waals surface area contributed by atoms with Crippen LogP contribution in [0.25, 0.3) is 0 Å². The summed E-state index contributed by atoms with van der Waals surface area (Å²) < 4.78 is 5.89. The molecule has 3 nitrogen and oxygen atoms in total. The van der Waals surface area contributed by atoms with Gasteiger partial charge in [0.15, 0.2) is 11.9 Å². The Morgan fingerprint density at radius 1 is 1.35 bits per heavy atom. The molecule has 3 fully saturated rings. The number of ketones is 1. The van der Waals surface area contributed by atoms with Crippen LogP contribution in [0.1, 0.15) is 50.0 Å². The van der Waals surface area contributed by atoms with E-state index in [-0.39, 0.29) is 29.6 Å². The molecular weight excluding hydrogens is 286 g/mol. The Hall–Kier alpha value is -1.66. The third kappa shape index (κ3) is 3.48. The molecule has 0 amide bonds. The fourth-order valence-corrected chi connectivity index (χ4v) is 3.89. The average molecular weight is 309 g/mol. The quantitative estimate of drug-likeness (QED) is 0.790. The summed E-state index contributed by atoms with van der Waals surface area (Å²) in [6, 6.07) is 12.5. The largest absolute Gasteiger partial charge is 0.359 e. The summed E-state index contributed by atoms with van der Waals surface area (Å²) in [4.78, 5) is 12.8. The number of carbonyl (C=O) groups is 1. The molecule has 1 aromatic carbocycles. The van der Waals surface area contributed by atoms with Gasteiger partial charge in [-0.25, -0.2) is 0 Å². The zero-order valence-electron chi connectivity index (χ0n) is 13.4. The Morgan fingerprint density at radius 3 is 2.74 bits per heavy atom. The zero-order valence-corrected chi connectivity index (χ0v) is 13.4. The van der Waals surface area contributed by atoms with Gasteiger partial charge in [-0.2, -0.15) is 5.26 Å². The number of fused-ring (bicyclic) bond motifs is 3. The lowest BCUT2D eigenvalue weighted by Crippen LogP contribution is -2.44. The van der Waals surface area contributed by atoms with Crippen LogP contribution < -0.4 is 0 Å². The molecule has 3 aliphatic rings. The minimum Gasteiger partial charge on any atom is -0.359 e. The number of hydrogen-bond acceptors (Lipinski definition) is 3. The Labute approximate surface area is 138 Å². The number of Topliss-reactive ketones (excluding diaryl/α,β-unsaturated/α-hetero) is 1. The van der Waals surface area contributed by atoms with E-state index in [1.807, 2.05) is 18.2 Å². The monoisotopic (exact) mass is 309 g/mol. The summed E-state index contributed by atoms with van der Waals surface area (Å²) in [5.41, 5.74) is 1.20. The van der Waals surface area contributed by atoms with Crippen LogP contribution in [-0.2, 0) is 9.53 Å². The summed E-state index contributed by atoms with van der Waals surface area (Å²) in [5.74, 6) is 0.422. The molecule has 2 saturated heterocycles. The average Bonchev–Trinajstić information content (AvgIpc) is 2.62. The molecule has 2 radical (unpaired) electrons. The molecule has 2 heterocycles. The molecule has 3 heteroatoms. The standard InChI is InChI=1S/C20H23NO2/c1-2-6-15(14-7-4-3-5-8-14)12-18(22)20-16-9-10-19(23-20)17(11-16)13-21/h3-5,7-8,15-17,19H,1-2,6,9-12H2. The smallest absolute Gasteiger partial charge is 0.169 e. The Bertz CT molecular complexity index is 577. The first-order chi connectivity index (χ1) is 11.2. The van der Waals surface area contributed by atoms with Crippen molar-refractivity contribution in [1.29, 1.82) is 5.26 Å². The van der Waals surface area contributed by atoms with Crippen molar-refractivity contribution in [1.82, 2.24) is 0 Å². The molecule has 1 saturated carbocycles. The van der Waals surface area contributed by atoms with E-state index in [1.54, 1.807) is 0 Å². The first-order valence-corrected chi connectivity index (χ1v) is 8.53. The number of rotatable bonds is 6. The van der Waals surface area contributed by atoms with Crippen LogP contribution in [0.5, 0.6) is 0 Å². The molecule has 2 aliphatic heterocycles. The van der Waals surface area contributed by atoms with Gasteiger partial charge in [-0.3, -0.25) is 4.79 Å². The first kappa shape index (κ1) is 16.2. The number of nitriles is 1. The highest BCUT2D eigenvalue weighted by Crippen LogP contribution is 2.45. The number of ether oxygens (including phenoxy) is 1. The molecule has 1 aromatic rings. The van der Waals surface area contributed by atoms with Crippen molar-refractivity contribution in [3.05, 3.63) is 48.9 Å². The van der Waals surface area contributed by atoms with Crippen LogP contribution in [0.4, 0.5) is 0 Å². The van der Waals surface area contributed by atoms with E-state index in [2.05, 4.69) is 25.1 Å². The van der Waals surface area contributed by atoms with Crippen molar-refractivity contribution in [2.24, 2.45) is 11.8 Å². The second-order valence-corrected chi connectivity index (χ2v) is 6.64. The third-order valence-electron chi connectivity index (χ3n) is 5.13. The fourth-order valence-electron chi connectivity index (χ4n) is 3.89. The third-order valence-corrected chi connectivity index (χ3v) is 5.13. The molecule has 23 heavy (non-hydrogen) atoms. The minimum absolute atomic E-state index is 0.0462. The van der Waals surface area contributed by atoms with Crippen LogP contribution >= 0.6 is 0 Å². The summed E-state index contributed by atoms with van der Waals surface area (Å²) in [6.07, 6.45) is 5.42. The van der Waals surface area contributed by atoms with Crippen molar-refractivity contribution in [2.45, 2.75) is 50.5 Å². The number of hydrogen-bond donors (Lipinski definition) is 0. The van der Waals surface area contributed by atoms with E-state index in [1.165, 1.54) is 5.56 Å². The summed E-state index contributed by atoms with van der Waals surface area (Å²) in [5, 5.41) is 9.17. The Balaban J connectivity index is 1.67. The van der Waals surface area contributed by atoms with Gasteiger partial charge in [0.25, 0.3) is 0 Å². The number of carbonyl (C=O) groups excluding carboxylic acids is 1. The van der Waals surface area contributed by atoms with E-state index in [9.17, 15) is 10.1 Å². The molecule has 2 bridgehead atoms. The van der Waals surface area contributed by atoms with E-state index in [4.69, 9.17) is 4.74 Å². The van der Waals surface area contributed by atoms with Crippen LogP contribution in [0.3, 0.4) is 0 Å². The van der Waals surface area contributed by atoms with Gasteiger partial charge < -0.3 is 4.74 Å². The highest BCUT2D eigenvalue weighted by Gasteiger charge is 2.46. The lowest BCUT2D eigenvalue weighted by molar-refractivity contribution is -0.139. The summed E-state index contributed by atoms with van der Waals surface area (Å²) >= 11 is 0. The van der Waals surface area contributed by atoms with Crippen LogP contribution in [0.2, 0.25) is 0 Å². The highest BCUT2D eigenvalue weighted by molar-refractivity contribution is 5.91. The first-order valence-electron chi connectivity index (χ1n) is 8.53. The van der Waals surface area contributed by atoms with Crippen LogP contribution in [-0.4, -0.2) is 11.9 Å². The van der Waals surface area contributed by atoms with E-state index in [0.717, 1.165) is 32.1 Å². The van der Waals surface area contributed by atoms with Gasteiger partial charge in [-0.1, -0.05) is 43.7 Å². The van der Waals surface area contributed by atoms with Crippen molar-refractivity contribution in [3.63, 3.8) is 0 Å². The normalized spacial score (nSPS) is 28.3. The maximum absolute atomic E-state index is 12.8. The van der Waals surface area contributed by atoms with Gasteiger partial charge in [-0.05, 0) is 43.1 Å². The fraction of sp³-hybridized carbons (Fsp3) is 0.500. The van der Waals surface area contributed by atoms with Crippen LogP contribution in [0.15, 0.2) is 30.3 Å². The van der Waals surface area contributed by atoms with E-state index in [0.29, 0.717) is 12.5 Å². The second kappa shape index (κ2) is 7.27. The lowest BCUT2D eigenvalue weighted by Gasteiger charge is -2.43. The highest BCUT2D eigenvalue weighted by atomic mass is 16.5. The zero-order chi connectivity index (χ0) is 16.2. The van der Waals surface area contributed by atoms with E-state index < -0.39 is 0 Å². The number of benzene rings is 1. The molecule has 4 atom stereocenters. The predicted octanol–water partition coefficient (Wildman–Crippen LogP) is 4.21. The molecule has 4 rings (SSSR count). The van der Waals surface area contributed by atoms with Crippen molar-refractivity contribution in [3.8, 4) is 6.07 Å². The molecule has 0 spiro atoms. The molecule has 4 unspecified atom stereocenters. The minimum atomic E-state index is -0.0769. The van der Waals surface area contributed by atoms with Crippen molar-refractivity contribution in [2.75, 3.05) is 0 Å². The van der Waals surface area contributed by atoms with Gasteiger partial charge in [0, 0.05) is 6.42 Å². The number of nitrogens with zero attached hydrogens (tertiary/aromatic N) is 1. The summed E-state index contributed by atoms with van der Waals surface area (Å²) in [7, 11) is 0. The lowest BCUT2D eigenvalue weighted by atomic mass is 9.72. The SMILES string of the molecule is [CH2]CCC(CC(=O)[C]1OC2CCC1CC2C#N)c1ccccc1. The van der Waals surface area contributed by atoms with Crippen molar-refractivity contribution < 1.29 is 9.53 Å². The van der Waals surface area contributed by atoms with Gasteiger partial charge in [0.1, 0.15) is 0 Å². The Morgan fingerprint density at radius 2 is 2.13 bits per heavy atom. The van der Waals surface area contributed by atoms with Gasteiger partial charge in [-0.15, -0.1) is 0 Å². The Kier molecular flexibility index (Phi) is 5.13. The van der Waals surface area contributed by atoms with Crippen LogP contribution in [0, 0.1) is 36.2 Å². The van der Waals surface area contributed by atoms with E-state index >= 15 is 0 Å². The molecule has 120 valence electrons. The van der Waals surface area contributed by atoms with Gasteiger partial charge in [0.2, 0.25) is 0 Å². The summed E-state index contributed by atoms with van der Waals surface area (Å²) in [6.45, 7) is 3.94. The van der Waals surface area contributed by atoms with Gasteiger partial charge >= 0.3 is 0 Å².